The summed E-state index contributed by atoms with van der Waals surface area (Å²) in [5.74, 6) is -0.708. The summed E-state index contributed by atoms with van der Waals surface area (Å²) in [4.78, 5) is 23.4. The lowest BCUT2D eigenvalue weighted by molar-refractivity contribution is -0.150. The van der Waals surface area contributed by atoms with Gasteiger partial charge in [-0.2, -0.15) is 0 Å². The van der Waals surface area contributed by atoms with Crippen molar-refractivity contribution in [3.63, 3.8) is 0 Å². The van der Waals surface area contributed by atoms with Gasteiger partial charge in [-0.15, -0.1) is 0 Å². The fraction of sp³-hybridized carbons (Fsp3) is 0.857. The van der Waals surface area contributed by atoms with E-state index in [1.165, 1.54) is 122 Å². The molecule has 0 heterocycles. The first-order chi connectivity index (χ1) is 22.6. The summed E-state index contributed by atoms with van der Waals surface area (Å²) in [6.07, 6.45) is 47.6. The Morgan fingerprint density at radius 2 is 0.870 bits per heavy atom. The summed E-state index contributed by atoms with van der Waals surface area (Å²) >= 11 is 0. The number of aliphatic carboxylic acids is 1. The number of carbonyl (C=O) groups is 2. The van der Waals surface area contributed by atoms with Crippen LogP contribution in [0.4, 0.5) is 0 Å². The van der Waals surface area contributed by atoms with Gasteiger partial charge in [0.2, 0.25) is 0 Å². The van der Waals surface area contributed by atoms with Crippen LogP contribution >= 0.6 is 0 Å². The first kappa shape index (κ1) is 44.4. The van der Waals surface area contributed by atoms with E-state index in [-0.39, 0.29) is 18.5 Å². The average Bonchev–Trinajstić information content (AvgIpc) is 3.04. The van der Waals surface area contributed by atoms with E-state index in [4.69, 9.17) is 9.84 Å². The number of ether oxygens (including phenoxy) is 1. The fourth-order valence-corrected chi connectivity index (χ4v) is 6.14. The van der Waals surface area contributed by atoms with Crippen LogP contribution in [-0.4, -0.2) is 23.1 Å². The maximum absolute atomic E-state index is 12.7. The van der Waals surface area contributed by atoms with Crippen molar-refractivity contribution < 1.29 is 19.4 Å². The number of hydrogen-bond donors (Lipinski definition) is 1. The highest BCUT2D eigenvalue weighted by Gasteiger charge is 2.14. The molecule has 1 atom stereocenters. The molecule has 0 aliphatic rings. The van der Waals surface area contributed by atoms with E-state index in [1.807, 2.05) is 0 Å². The SMILES string of the molecule is CCCC/C=C\C/C=C\CCCCCCCC(=O)OC(CCCCCCCCCCCCCCCC)CCCCCCCC(=O)O. The van der Waals surface area contributed by atoms with Crippen molar-refractivity contribution in [3.8, 4) is 0 Å². The first-order valence-electron chi connectivity index (χ1n) is 20.3. The van der Waals surface area contributed by atoms with Gasteiger partial charge in [0.05, 0.1) is 0 Å². The number of carboxylic acids is 1. The van der Waals surface area contributed by atoms with Crippen LogP contribution in [0.3, 0.4) is 0 Å². The van der Waals surface area contributed by atoms with Gasteiger partial charge in [-0.3, -0.25) is 9.59 Å². The molecule has 0 rings (SSSR count). The molecule has 1 N–H and O–H groups in total. The average molecular weight is 647 g/mol. The summed E-state index contributed by atoms with van der Waals surface area (Å²) in [5.41, 5.74) is 0. The lowest BCUT2D eigenvalue weighted by Crippen LogP contribution is -2.18. The standard InChI is InChI=1S/C42H78O4/c1-3-5-7-9-11-13-15-17-19-21-23-25-28-32-36-40(37-33-29-27-30-34-38-41(43)44)46-42(45)39-35-31-26-24-22-20-18-16-14-12-10-8-6-4-2/h10,12,16,18,40H,3-9,11,13-15,17,19-39H2,1-2H3,(H,43,44)/b12-10-,18-16-. The topological polar surface area (TPSA) is 63.6 Å². The third kappa shape index (κ3) is 36.9. The molecular weight excluding hydrogens is 568 g/mol. The summed E-state index contributed by atoms with van der Waals surface area (Å²) in [6, 6.07) is 0. The third-order valence-electron chi connectivity index (χ3n) is 9.18. The van der Waals surface area contributed by atoms with Gasteiger partial charge >= 0.3 is 11.9 Å². The predicted octanol–water partition coefficient (Wildman–Crippen LogP) is 14.0. The Morgan fingerprint density at radius 3 is 1.35 bits per heavy atom. The van der Waals surface area contributed by atoms with Crippen LogP contribution < -0.4 is 0 Å². The van der Waals surface area contributed by atoms with E-state index in [2.05, 4.69) is 38.2 Å². The van der Waals surface area contributed by atoms with Gasteiger partial charge in [-0.05, 0) is 64.2 Å². The molecule has 0 aromatic carbocycles. The normalized spacial score (nSPS) is 12.4. The Labute approximate surface area is 287 Å². The molecule has 0 spiro atoms. The van der Waals surface area contributed by atoms with Crippen LogP contribution in [0.15, 0.2) is 24.3 Å². The third-order valence-corrected chi connectivity index (χ3v) is 9.18. The zero-order valence-electron chi connectivity index (χ0n) is 30.9. The van der Waals surface area contributed by atoms with Gasteiger partial charge in [-0.25, -0.2) is 0 Å². The van der Waals surface area contributed by atoms with E-state index in [0.29, 0.717) is 6.42 Å². The molecule has 0 radical (unpaired) electrons. The highest BCUT2D eigenvalue weighted by Crippen LogP contribution is 2.19. The number of esters is 1. The Balaban J connectivity index is 4.05. The molecule has 0 saturated heterocycles. The molecule has 0 amide bonds. The summed E-state index contributed by atoms with van der Waals surface area (Å²) in [7, 11) is 0. The maximum atomic E-state index is 12.7. The van der Waals surface area contributed by atoms with Crippen LogP contribution in [0.1, 0.15) is 226 Å². The molecule has 270 valence electrons. The molecule has 46 heavy (non-hydrogen) atoms. The second kappa shape index (κ2) is 37.9. The zero-order valence-corrected chi connectivity index (χ0v) is 30.9. The first-order valence-corrected chi connectivity index (χ1v) is 20.3. The number of carbonyl (C=O) groups excluding carboxylic acids is 1. The van der Waals surface area contributed by atoms with Crippen molar-refractivity contribution in [1.29, 1.82) is 0 Å². The minimum Gasteiger partial charge on any atom is -0.481 e. The van der Waals surface area contributed by atoms with Crippen molar-refractivity contribution >= 4 is 11.9 Å². The molecular formula is C42H78O4. The molecule has 0 fully saturated rings. The molecule has 0 aromatic heterocycles. The van der Waals surface area contributed by atoms with Gasteiger partial charge in [0.25, 0.3) is 0 Å². The molecule has 4 heteroatoms. The summed E-state index contributed by atoms with van der Waals surface area (Å²) < 4.78 is 6.01. The van der Waals surface area contributed by atoms with Gasteiger partial charge in [0.1, 0.15) is 6.10 Å². The molecule has 0 aliphatic carbocycles. The maximum Gasteiger partial charge on any atom is 0.306 e. The van der Waals surface area contributed by atoms with Crippen LogP contribution in [0.25, 0.3) is 0 Å². The van der Waals surface area contributed by atoms with Crippen LogP contribution in [-0.2, 0) is 14.3 Å². The number of rotatable bonds is 37. The van der Waals surface area contributed by atoms with E-state index in [0.717, 1.165) is 77.0 Å². The zero-order chi connectivity index (χ0) is 33.6. The molecule has 1 unspecified atom stereocenters. The second-order valence-electron chi connectivity index (χ2n) is 13.8. The minimum atomic E-state index is -0.700. The van der Waals surface area contributed by atoms with Crippen LogP contribution in [0.2, 0.25) is 0 Å². The number of unbranched alkanes of at least 4 members (excludes halogenated alkanes) is 24. The largest absolute Gasteiger partial charge is 0.481 e. The van der Waals surface area contributed by atoms with Gasteiger partial charge < -0.3 is 9.84 Å². The Morgan fingerprint density at radius 1 is 0.478 bits per heavy atom. The molecule has 4 nitrogen and oxygen atoms in total. The number of allylic oxidation sites excluding steroid dienone is 4. The predicted molar refractivity (Wildman–Crippen MR) is 200 cm³/mol. The smallest absolute Gasteiger partial charge is 0.306 e. The Hall–Kier alpha value is -1.58. The van der Waals surface area contributed by atoms with Gasteiger partial charge in [-0.1, -0.05) is 173 Å². The highest BCUT2D eigenvalue weighted by atomic mass is 16.5. The van der Waals surface area contributed by atoms with Crippen molar-refractivity contribution in [2.24, 2.45) is 0 Å². The van der Waals surface area contributed by atoms with Crippen LogP contribution in [0, 0.1) is 0 Å². The minimum absolute atomic E-state index is 0.00764. The molecule has 0 aliphatic heterocycles. The molecule has 0 aromatic rings. The van der Waals surface area contributed by atoms with E-state index in [9.17, 15) is 9.59 Å². The lowest BCUT2D eigenvalue weighted by atomic mass is 10.0. The van der Waals surface area contributed by atoms with Gasteiger partial charge in [0, 0.05) is 12.8 Å². The highest BCUT2D eigenvalue weighted by molar-refractivity contribution is 5.69. The van der Waals surface area contributed by atoms with Gasteiger partial charge in [0.15, 0.2) is 0 Å². The lowest BCUT2D eigenvalue weighted by Gasteiger charge is -2.18. The van der Waals surface area contributed by atoms with E-state index < -0.39 is 5.97 Å². The van der Waals surface area contributed by atoms with E-state index in [1.54, 1.807) is 0 Å². The second-order valence-corrected chi connectivity index (χ2v) is 13.8. The van der Waals surface area contributed by atoms with E-state index >= 15 is 0 Å². The van der Waals surface area contributed by atoms with Crippen molar-refractivity contribution in [2.75, 3.05) is 0 Å². The van der Waals surface area contributed by atoms with Crippen LogP contribution in [0.5, 0.6) is 0 Å². The molecule has 0 bridgehead atoms. The Kier molecular flexibility index (Phi) is 36.6. The van der Waals surface area contributed by atoms with Crippen molar-refractivity contribution in [3.05, 3.63) is 24.3 Å². The molecule has 0 saturated carbocycles. The fourth-order valence-electron chi connectivity index (χ4n) is 6.14. The monoisotopic (exact) mass is 647 g/mol. The van der Waals surface area contributed by atoms with Crippen molar-refractivity contribution in [1.82, 2.24) is 0 Å². The Bertz CT molecular complexity index is 698. The quantitative estimate of drug-likeness (QED) is 0.0414. The number of carboxylic acid groups (broad SMARTS) is 1. The number of hydrogen-bond acceptors (Lipinski definition) is 3. The van der Waals surface area contributed by atoms with Crippen molar-refractivity contribution in [2.45, 2.75) is 232 Å². The summed E-state index contributed by atoms with van der Waals surface area (Å²) in [5, 5.41) is 8.82. The summed E-state index contributed by atoms with van der Waals surface area (Å²) in [6.45, 7) is 4.52.